The summed E-state index contributed by atoms with van der Waals surface area (Å²) in [5.74, 6) is 1.72. The predicted molar refractivity (Wildman–Crippen MR) is 99.8 cm³/mol. The molecular formula is C19H27N5. The maximum atomic E-state index is 4.45. The summed E-state index contributed by atoms with van der Waals surface area (Å²) in [7, 11) is 1.90. The minimum Gasteiger partial charge on any atom is -0.373 e. The molecule has 1 N–H and O–H groups in total. The number of pyridine rings is 1. The van der Waals surface area contributed by atoms with E-state index in [9.17, 15) is 0 Å². The monoisotopic (exact) mass is 325 g/mol. The largest absolute Gasteiger partial charge is 0.373 e. The molecule has 0 fully saturated rings. The second-order valence-corrected chi connectivity index (χ2v) is 5.50. The van der Waals surface area contributed by atoms with Crippen molar-refractivity contribution >= 4 is 11.4 Å². The van der Waals surface area contributed by atoms with Gasteiger partial charge < -0.3 is 5.32 Å². The van der Waals surface area contributed by atoms with E-state index in [2.05, 4.69) is 37.3 Å². The molecule has 0 amide bonds. The van der Waals surface area contributed by atoms with Crippen LogP contribution in [0.4, 0.5) is 5.82 Å². The summed E-state index contributed by atoms with van der Waals surface area (Å²) >= 11 is 0. The van der Waals surface area contributed by atoms with Crippen molar-refractivity contribution in [3.63, 3.8) is 0 Å². The van der Waals surface area contributed by atoms with Gasteiger partial charge in [0.2, 0.25) is 0 Å². The Balaban J connectivity index is 0.00000100. The van der Waals surface area contributed by atoms with Gasteiger partial charge in [0.1, 0.15) is 11.6 Å². The lowest BCUT2D eigenvalue weighted by atomic mass is 10.0. The normalized spacial score (nSPS) is 14.4. The van der Waals surface area contributed by atoms with Gasteiger partial charge in [0.05, 0.1) is 0 Å². The SMILES string of the molecule is CC.CNc1nc(C)ncc1CN1CC=C(c2cccnc2)CC1. The fourth-order valence-corrected chi connectivity index (χ4v) is 2.74. The summed E-state index contributed by atoms with van der Waals surface area (Å²) in [6, 6.07) is 4.12. The van der Waals surface area contributed by atoms with Crippen molar-refractivity contribution in [1.82, 2.24) is 19.9 Å². The van der Waals surface area contributed by atoms with E-state index >= 15 is 0 Å². The zero-order chi connectivity index (χ0) is 17.4. The highest BCUT2D eigenvalue weighted by molar-refractivity contribution is 5.65. The fraction of sp³-hybridized carbons (Fsp3) is 0.421. The van der Waals surface area contributed by atoms with Gasteiger partial charge in [-0.1, -0.05) is 26.0 Å². The third kappa shape index (κ3) is 4.61. The molecule has 0 spiro atoms. The number of nitrogens with one attached hydrogen (secondary N) is 1. The third-order valence-corrected chi connectivity index (χ3v) is 3.94. The lowest BCUT2D eigenvalue weighted by Crippen LogP contribution is -2.28. The molecule has 0 unspecified atom stereocenters. The van der Waals surface area contributed by atoms with Gasteiger partial charge in [-0.25, -0.2) is 9.97 Å². The molecule has 24 heavy (non-hydrogen) atoms. The summed E-state index contributed by atoms with van der Waals surface area (Å²) in [5.41, 5.74) is 3.77. The van der Waals surface area contributed by atoms with Crippen LogP contribution in [0.2, 0.25) is 0 Å². The molecule has 5 heteroatoms. The molecule has 3 rings (SSSR count). The molecule has 0 radical (unpaired) electrons. The topological polar surface area (TPSA) is 53.9 Å². The summed E-state index contributed by atoms with van der Waals surface area (Å²) < 4.78 is 0. The number of hydrogen-bond donors (Lipinski definition) is 1. The van der Waals surface area contributed by atoms with Crippen LogP contribution in [0.1, 0.15) is 37.2 Å². The Labute approximate surface area is 144 Å². The molecule has 2 aromatic rings. The molecule has 128 valence electrons. The van der Waals surface area contributed by atoms with Crippen molar-refractivity contribution in [2.45, 2.75) is 33.7 Å². The fourth-order valence-electron chi connectivity index (χ4n) is 2.74. The molecule has 2 aromatic heterocycles. The highest BCUT2D eigenvalue weighted by Crippen LogP contribution is 2.23. The molecule has 0 atom stereocenters. The van der Waals surface area contributed by atoms with Crippen LogP contribution in [0.5, 0.6) is 0 Å². The van der Waals surface area contributed by atoms with Crippen LogP contribution in [0, 0.1) is 6.92 Å². The van der Waals surface area contributed by atoms with Crippen LogP contribution in [0.15, 0.2) is 36.8 Å². The van der Waals surface area contributed by atoms with Gasteiger partial charge in [0, 0.05) is 50.8 Å². The Kier molecular flexibility index (Phi) is 6.88. The van der Waals surface area contributed by atoms with Gasteiger partial charge in [-0.3, -0.25) is 9.88 Å². The summed E-state index contributed by atoms with van der Waals surface area (Å²) in [4.78, 5) is 15.4. The highest BCUT2D eigenvalue weighted by Gasteiger charge is 2.15. The minimum absolute atomic E-state index is 0.797. The standard InChI is InChI=1S/C17H21N5.C2H6/c1-13-20-11-16(17(18-2)21-13)12-22-8-5-14(6-9-22)15-4-3-7-19-10-15;1-2/h3-5,7,10-11H,6,8-9,12H2,1-2H3,(H,18,20,21);1-2H3. The average Bonchev–Trinajstić information content (AvgIpc) is 2.66. The van der Waals surface area contributed by atoms with Crippen molar-refractivity contribution in [1.29, 1.82) is 0 Å². The maximum absolute atomic E-state index is 4.45. The van der Waals surface area contributed by atoms with Gasteiger partial charge >= 0.3 is 0 Å². The Hall–Kier alpha value is -2.27. The number of aryl methyl sites for hydroxylation is 1. The van der Waals surface area contributed by atoms with Crippen molar-refractivity contribution < 1.29 is 0 Å². The van der Waals surface area contributed by atoms with E-state index in [0.29, 0.717) is 0 Å². The van der Waals surface area contributed by atoms with Crippen molar-refractivity contribution in [3.8, 4) is 0 Å². The smallest absolute Gasteiger partial charge is 0.133 e. The van der Waals surface area contributed by atoms with Crippen molar-refractivity contribution in [2.75, 3.05) is 25.5 Å². The molecule has 1 aliphatic rings. The summed E-state index contributed by atoms with van der Waals surface area (Å²) in [6.45, 7) is 8.76. The van der Waals surface area contributed by atoms with Crippen molar-refractivity contribution in [3.05, 3.63) is 53.8 Å². The van der Waals surface area contributed by atoms with Crippen LogP contribution >= 0.6 is 0 Å². The van der Waals surface area contributed by atoms with Gasteiger partial charge in [-0.05, 0) is 30.5 Å². The van der Waals surface area contributed by atoms with Gasteiger partial charge in [-0.2, -0.15) is 0 Å². The quantitative estimate of drug-likeness (QED) is 0.932. The first-order chi connectivity index (χ1) is 11.8. The summed E-state index contributed by atoms with van der Waals surface area (Å²) in [5, 5.41) is 3.16. The lowest BCUT2D eigenvalue weighted by Gasteiger charge is -2.26. The molecule has 0 aromatic carbocycles. The van der Waals surface area contributed by atoms with E-state index in [4.69, 9.17) is 0 Å². The van der Waals surface area contributed by atoms with Crippen LogP contribution in [0.3, 0.4) is 0 Å². The van der Waals surface area contributed by atoms with E-state index in [0.717, 1.165) is 43.3 Å². The molecule has 0 saturated carbocycles. The second-order valence-electron chi connectivity index (χ2n) is 5.50. The lowest BCUT2D eigenvalue weighted by molar-refractivity contribution is 0.293. The number of rotatable bonds is 4. The van der Waals surface area contributed by atoms with Gasteiger partial charge in [0.15, 0.2) is 0 Å². The molecule has 5 nitrogen and oxygen atoms in total. The van der Waals surface area contributed by atoms with E-state index in [-0.39, 0.29) is 0 Å². The maximum Gasteiger partial charge on any atom is 0.133 e. The zero-order valence-corrected chi connectivity index (χ0v) is 15.1. The Bertz CT molecular complexity index is 667. The first-order valence-electron chi connectivity index (χ1n) is 8.58. The first kappa shape index (κ1) is 18.1. The number of nitrogens with zero attached hydrogens (tertiary/aromatic N) is 4. The minimum atomic E-state index is 0.797. The molecule has 3 heterocycles. The Morgan fingerprint density at radius 3 is 2.71 bits per heavy atom. The van der Waals surface area contributed by atoms with E-state index in [1.54, 1.807) is 0 Å². The zero-order valence-electron chi connectivity index (χ0n) is 15.1. The van der Waals surface area contributed by atoms with Crippen LogP contribution in [-0.2, 0) is 6.54 Å². The van der Waals surface area contributed by atoms with E-state index in [1.807, 2.05) is 52.5 Å². The number of hydrogen-bond acceptors (Lipinski definition) is 5. The van der Waals surface area contributed by atoms with Crippen LogP contribution < -0.4 is 5.32 Å². The Morgan fingerprint density at radius 1 is 1.25 bits per heavy atom. The van der Waals surface area contributed by atoms with Crippen molar-refractivity contribution in [2.24, 2.45) is 0 Å². The molecule has 0 saturated heterocycles. The Morgan fingerprint density at radius 2 is 2.08 bits per heavy atom. The molecule has 0 aliphatic carbocycles. The highest BCUT2D eigenvalue weighted by atomic mass is 15.1. The van der Waals surface area contributed by atoms with E-state index in [1.165, 1.54) is 11.1 Å². The average molecular weight is 325 g/mol. The third-order valence-electron chi connectivity index (χ3n) is 3.94. The molecule has 0 bridgehead atoms. The van der Waals surface area contributed by atoms with Gasteiger partial charge in [0.25, 0.3) is 0 Å². The molecular weight excluding hydrogens is 298 g/mol. The van der Waals surface area contributed by atoms with Gasteiger partial charge in [-0.15, -0.1) is 0 Å². The summed E-state index contributed by atoms with van der Waals surface area (Å²) in [6.07, 6.45) is 9.03. The second kappa shape index (κ2) is 9.13. The number of aromatic nitrogens is 3. The molecule has 1 aliphatic heterocycles. The van der Waals surface area contributed by atoms with E-state index < -0.39 is 0 Å². The van der Waals surface area contributed by atoms with Crippen LogP contribution in [-0.4, -0.2) is 40.0 Å². The number of anilines is 1. The predicted octanol–water partition coefficient (Wildman–Crippen LogP) is 3.54. The first-order valence-corrected chi connectivity index (χ1v) is 8.58. The van der Waals surface area contributed by atoms with Crippen LogP contribution in [0.25, 0.3) is 5.57 Å².